The predicted octanol–water partition coefficient (Wildman–Crippen LogP) is 2.06. The molecule has 1 saturated heterocycles. The van der Waals surface area contributed by atoms with Gasteiger partial charge in [0.2, 0.25) is 0 Å². The second-order valence-electron chi connectivity index (χ2n) is 6.64. The standard InChI is InChI=1S/C17H25NO3/c1-17(10-11-6-4-5-7-12(11)15(17)19)13-8-9-18-16(21-3)14(13)20-2/h4-5,7,11,13-14,16,18H,6,8-10H2,1-3H3. The van der Waals surface area contributed by atoms with Gasteiger partial charge in [-0.05, 0) is 37.3 Å². The molecule has 2 fully saturated rings. The first kappa shape index (κ1) is 14.9. The van der Waals surface area contributed by atoms with Crippen molar-refractivity contribution >= 4 is 5.78 Å². The average molecular weight is 291 g/mol. The smallest absolute Gasteiger partial charge is 0.165 e. The maximum atomic E-state index is 13.0. The quantitative estimate of drug-likeness (QED) is 0.864. The van der Waals surface area contributed by atoms with Crippen LogP contribution in [-0.4, -0.2) is 38.9 Å². The maximum Gasteiger partial charge on any atom is 0.165 e. The molecular weight excluding hydrogens is 266 g/mol. The van der Waals surface area contributed by atoms with Gasteiger partial charge in [-0.3, -0.25) is 10.1 Å². The molecule has 2 aliphatic carbocycles. The fourth-order valence-electron chi connectivity index (χ4n) is 4.44. The van der Waals surface area contributed by atoms with Crippen molar-refractivity contribution in [3.05, 3.63) is 23.8 Å². The van der Waals surface area contributed by atoms with Crippen LogP contribution in [0.3, 0.4) is 0 Å². The number of ether oxygens (including phenoxy) is 2. The minimum atomic E-state index is -0.331. The van der Waals surface area contributed by atoms with Crippen molar-refractivity contribution in [1.29, 1.82) is 0 Å². The lowest BCUT2D eigenvalue weighted by molar-refractivity contribution is -0.144. The van der Waals surface area contributed by atoms with Crippen molar-refractivity contribution < 1.29 is 14.3 Å². The van der Waals surface area contributed by atoms with Crippen molar-refractivity contribution in [2.75, 3.05) is 20.8 Å². The molecule has 5 unspecified atom stereocenters. The summed E-state index contributed by atoms with van der Waals surface area (Å²) >= 11 is 0. The molecule has 4 heteroatoms. The molecule has 3 aliphatic rings. The first-order chi connectivity index (χ1) is 10.1. The lowest BCUT2D eigenvalue weighted by atomic mass is 9.68. The van der Waals surface area contributed by atoms with Gasteiger partial charge in [0, 0.05) is 25.6 Å². The second-order valence-corrected chi connectivity index (χ2v) is 6.64. The van der Waals surface area contributed by atoms with E-state index in [2.05, 4.69) is 18.3 Å². The molecule has 1 aliphatic heterocycles. The molecule has 116 valence electrons. The van der Waals surface area contributed by atoms with Crippen molar-refractivity contribution in [3.63, 3.8) is 0 Å². The number of carbonyl (C=O) groups is 1. The molecule has 5 atom stereocenters. The summed E-state index contributed by atoms with van der Waals surface area (Å²) in [5, 5.41) is 3.33. The molecule has 0 spiro atoms. The van der Waals surface area contributed by atoms with Crippen LogP contribution in [0.1, 0.15) is 26.2 Å². The third-order valence-electron chi connectivity index (χ3n) is 5.56. The minimum Gasteiger partial charge on any atom is -0.377 e. The van der Waals surface area contributed by atoms with Crippen LogP contribution in [0, 0.1) is 17.3 Å². The number of nitrogens with one attached hydrogen (secondary N) is 1. The molecular formula is C17H25NO3. The Kier molecular flexibility index (Phi) is 4.04. The SMILES string of the molecule is COC1NCCC(C2(C)CC3CC=CC=C3C2=O)C1OC. The third-order valence-corrected chi connectivity index (χ3v) is 5.56. The fourth-order valence-corrected chi connectivity index (χ4v) is 4.44. The lowest BCUT2D eigenvalue weighted by Gasteiger charge is -2.44. The van der Waals surface area contributed by atoms with Gasteiger partial charge < -0.3 is 9.47 Å². The number of fused-ring (bicyclic) bond motifs is 1. The predicted molar refractivity (Wildman–Crippen MR) is 80.8 cm³/mol. The highest BCUT2D eigenvalue weighted by molar-refractivity contribution is 6.03. The number of methoxy groups -OCH3 is 2. The van der Waals surface area contributed by atoms with Crippen LogP contribution >= 0.6 is 0 Å². The Balaban J connectivity index is 1.89. The topological polar surface area (TPSA) is 47.6 Å². The number of rotatable bonds is 3. The van der Waals surface area contributed by atoms with E-state index >= 15 is 0 Å². The summed E-state index contributed by atoms with van der Waals surface area (Å²) in [7, 11) is 3.41. The van der Waals surface area contributed by atoms with E-state index in [0.29, 0.717) is 11.7 Å². The summed E-state index contributed by atoms with van der Waals surface area (Å²) in [6, 6.07) is 0. The summed E-state index contributed by atoms with van der Waals surface area (Å²) in [5.74, 6) is 0.911. The Morgan fingerprint density at radius 1 is 1.33 bits per heavy atom. The van der Waals surface area contributed by atoms with E-state index in [1.54, 1.807) is 14.2 Å². The van der Waals surface area contributed by atoms with Crippen LogP contribution in [0.25, 0.3) is 0 Å². The van der Waals surface area contributed by atoms with Gasteiger partial charge >= 0.3 is 0 Å². The van der Waals surface area contributed by atoms with Crippen LogP contribution < -0.4 is 5.32 Å². The number of hydrogen-bond acceptors (Lipinski definition) is 4. The van der Waals surface area contributed by atoms with Crippen molar-refractivity contribution in [3.8, 4) is 0 Å². The van der Waals surface area contributed by atoms with E-state index in [-0.39, 0.29) is 23.7 Å². The Hall–Kier alpha value is -0.970. The molecule has 0 aromatic carbocycles. The van der Waals surface area contributed by atoms with Gasteiger partial charge in [0.05, 0.1) is 0 Å². The second kappa shape index (κ2) is 5.67. The highest BCUT2D eigenvalue weighted by Crippen LogP contribution is 2.52. The Bertz CT molecular complexity index is 484. The van der Waals surface area contributed by atoms with Gasteiger partial charge in [0.15, 0.2) is 5.78 Å². The highest BCUT2D eigenvalue weighted by atomic mass is 16.5. The minimum absolute atomic E-state index is 0.0774. The zero-order valence-electron chi connectivity index (χ0n) is 13.1. The number of ketones is 1. The molecule has 0 aromatic rings. The van der Waals surface area contributed by atoms with E-state index in [1.807, 2.05) is 12.2 Å². The molecule has 21 heavy (non-hydrogen) atoms. The molecule has 1 saturated carbocycles. The van der Waals surface area contributed by atoms with Gasteiger partial charge in [-0.25, -0.2) is 0 Å². The van der Waals surface area contributed by atoms with Gasteiger partial charge in [0.25, 0.3) is 0 Å². The Morgan fingerprint density at radius 3 is 2.81 bits per heavy atom. The van der Waals surface area contributed by atoms with Gasteiger partial charge in [0.1, 0.15) is 12.3 Å². The Morgan fingerprint density at radius 2 is 2.14 bits per heavy atom. The number of hydrogen-bond donors (Lipinski definition) is 1. The molecule has 0 amide bonds. The molecule has 0 aromatic heterocycles. The molecule has 0 radical (unpaired) electrons. The molecule has 1 heterocycles. The van der Waals surface area contributed by atoms with Crippen LogP contribution in [0.4, 0.5) is 0 Å². The normalized spacial score (nSPS) is 42.8. The molecule has 4 nitrogen and oxygen atoms in total. The first-order valence-corrected chi connectivity index (χ1v) is 7.82. The lowest BCUT2D eigenvalue weighted by Crippen LogP contribution is -2.56. The zero-order valence-corrected chi connectivity index (χ0v) is 13.1. The van der Waals surface area contributed by atoms with Crippen molar-refractivity contribution in [1.82, 2.24) is 5.32 Å². The third kappa shape index (κ3) is 2.30. The Labute approximate surface area is 126 Å². The first-order valence-electron chi connectivity index (χ1n) is 7.82. The summed E-state index contributed by atoms with van der Waals surface area (Å²) in [6.45, 7) is 3.00. The molecule has 1 N–H and O–H groups in total. The van der Waals surface area contributed by atoms with Crippen molar-refractivity contribution in [2.24, 2.45) is 17.3 Å². The van der Waals surface area contributed by atoms with Crippen molar-refractivity contribution in [2.45, 2.75) is 38.5 Å². The number of allylic oxidation sites excluding steroid dienone is 4. The maximum absolute atomic E-state index is 13.0. The van der Waals surface area contributed by atoms with Gasteiger partial charge in [-0.15, -0.1) is 0 Å². The summed E-state index contributed by atoms with van der Waals surface area (Å²) < 4.78 is 11.2. The van der Waals surface area contributed by atoms with Gasteiger partial charge in [-0.2, -0.15) is 0 Å². The summed E-state index contributed by atoms with van der Waals surface area (Å²) in [5.41, 5.74) is 0.685. The monoisotopic (exact) mass is 291 g/mol. The summed E-state index contributed by atoms with van der Waals surface area (Å²) in [4.78, 5) is 13.0. The fraction of sp³-hybridized carbons (Fsp3) is 0.706. The van der Waals surface area contributed by atoms with E-state index in [4.69, 9.17) is 9.47 Å². The van der Waals surface area contributed by atoms with Gasteiger partial charge in [-0.1, -0.05) is 25.2 Å². The number of piperidine rings is 1. The highest BCUT2D eigenvalue weighted by Gasteiger charge is 2.55. The van der Waals surface area contributed by atoms with E-state index in [1.165, 1.54) is 0 Å². The van der Waals surface area contributed by atoms with Crippen LogP contribution in [0.2, 0.25) is 0 Å². The molecule has 0 bridgehead atoms. The van der Waals surface area contributed by atoms with E-state index in [9.17, 15) is 4.79 Å². The van der Waals surface area contributed by atoms with E-state index < -0.39 is 0 Å². The average Bonchev–Trinajstić information content (AvgIpc) is 2.79. The summed E-state index contributed by atoms with van der Waals surface area (Å²) in [6.07, 6.45) is 8.86. The zero-order chi connectivity index (χ0) is 15.0. The number of carbonyl (C=O) groups excluding carboxylic acids is 1. The van der Waals surface area contributed by atoms with Crippen LogP contribution in [0.15, 0.2) is 23.8 Å². The van der Waals surface area contributed by atoms with Crippen LogP contribution in [-0.2, 0) is 14.3 Å². The van der Waals surface area contributed by atoms with E-state index in [0.717, 1.165) is 31.4 Å². The van der Waals surface area contributed by atoms with Crippen LogP contribution in [0.5, 0.6) is 0 Å². The molecule has 3 rings (SSSR count). The largest absolute Gasteiger partial charge is 0.377 e. The number of Topliss-reactive ketones (excluding diaryl/α,β-unsaturated/α-hetero) is 1.